The van der Waals surface area contributed by atoms with E-state index >= 15 is 0 Å². The van der Waals surface area contributed by atoms with Gasteiger partial charge in [0.1, 0.15) is 0 Å². The number of nitrogens with one attached hydrogen (secondary N) is 1. The number of carbonyl (C=O) groups is 1. The zero-order chi connectivity index (χ0) is 18.9. The first-order valence-electron chi connectivity index (χ1n) is 9.19. The molecular formula is C21H27NO2S2. The van der Waals surface area contributed by atoms with Gasteiger partial charge in [-0.25, -0.2) is 0 Å². The van der Waals surface area contributed by atoms with Gasteiger partial charge in [0.2, 0.25) is 5.91 Å². The van der Waals surface area contributed by atoms with E-state index in [1.165, 1.54) is 23.1 Å². The van der Waals surface area contributed by atoms with Gasteiger partial charge in [0.15, 0.2) is 0 Å². The van der Waals surface area contributed by atoms with Crippen molar-refractivity contribution in [2.75, 3.05) is 0 Å². The molecule has 1 fully saturated rings. The van der Waals surface area contributed by atoms with Crippen LogP contribution in [-0.2, 0) is 16.8 Å². The minimum absolute atomic E-state index is 0.0186. The Bertz CT molecular complexity index is 765. The van der Waals surface area contributed by atoms with Crippen molar-refractivity contribution in [2.24, 2.45) is 0 Å². The van der Waals surface area contributed by atoms with Gasteiger partial charge in [0, 0.05) is 0 Å². The van der Waals surface area contributed by atoms with Gasteiger partial charge < -0.3 is 5.11 Å². The van der Waals surface area contributed by atoms with Crippen LogP contribution in [-0.4, -0.2) is 11.0 Å². The van der Waals surface area contributed by atoms with Crippen molar-refractivity contribution in [3.63, 3.8) is 0 Å². The van der Waals surface area contributed by atoms with Crippen molar-refractivity contribution in [3.05, 3.63) is 51.9 Å². The lowest BCUT2D eigenvalue weighted by molar-refractivity contribution is -0.118. The molecule has 1 aromatic heterocycles. The predicted molar refractivity (Wildman–Crippen MR) is 110 cm³/mol. The second-order valence-corrected chi connectivity index (χ2v) is 9.73. The van der Waals surface area contributed by atoms with E-state index in [0.29, 0.717) is 18.3 Å². The average Bonchev–Trinajstić information content (AvgIpc) is 3.16. The fraction of sp³-hybridized carbons (Fsp3) is 0.476. The topological polar surface area (TPSA) is 49.3 Å². The third-order valence-corrected chi connectivity index (χ3v) is 6.84. The molecule has 0 atom stereocenters. The summed E-state index contributed by atoms with van der Waals surface area (Å²) in [6, 6.07) is 8.35. The molecule has 0 bridgehead atoms. The first kappa shape index (κ1) is 19.5. The summed E-state index contributed by atoms with van der Waals surface area (Å²) in [6.45, 7) is 8.69. The van der Waals surface area contributed by atoms with Crippen LogP contribution in [0, 0.1) is 0 Å². The Balaban J connectivity index is 1.67. The highest BCUT2D eigenvalue weighted by molar-refractivity contribution is 7.99. The van der Waals surface area contributed by atoms with Crippen LogP contribution in [0.2, 0.25) is 0 Å². The van der Waals surface area contributed by atoms with E-state index in [4.69, 9.17) is 0 Å². The van der Waals surface area contributed by atoms with E-state index in [0.717, 1.165) is 28.2 Å². The Morgan fingerprint density at radius 2 is 1.85 bits per heavy atom. The number of aliphatic hydroxyl groups is 1. The molecule has 3 rings (SSSR count). The minimum atomic E-state index is -0.609. The number of hydrogen-bond acceptors (Lipinski definition) is 4. The quantitative estimate of drug-likeness (QED) is 0.628. The fourth-order valence-electron chi connectivity index (χ4n) is 3.23. The van der Waals surface area contributed by atoms with E-state index in [1.807, 2.05) is 11.4 Å². The second kappa shape index (κ2) is 7.75. The van der Waals surface area contributed by atoms with Gasteiger partial charge in [-0.1, -0.05) is 45.9 Å². The van der Waals surface area contributed by atoms with Crippen LogP contribution in [0.4, 0.5) is 0 Å². The van der Waals surface area contributed by atoms with Crippen molar-refractivity contribution in [1.29, 1.82) is 0 Å². The molecule has 140 valence electrons. The summed E-state index contributed by atoms with van der Waals surface area (Å²) in [4.78, 5) is 12.6. The summed E-state index contributed by atoms with van der Waals surface area (Å²) >= 11 is 2.92. The highest BCUT2D eigenvalue weighted by atomic mass is 32.2. The summed E-state index contributed by atoms with van der Waals surface area (Å²) in [6.07, 6.45) is 2.07. The first-order valence-corrected chi connectivity index (χ1v) is 10.9. The zero-order valence-corrected chi connectivity index (χ0v) is 17.5. The first-order chi connectivity index (χ1) is 12.3. The Kier molecular flexibility index (Phi) is 5.80. The van der Waals surface area contributed by atoms with Crippen LogP contribution < -0.4 is 4.72 Å². The van der Waals surface area contributed by atoms with Crippen molar-refractivity contribution < 1.29 is 9.90 Å². The Hall–Kier alpha value is -1.30. The molecule has 0 radical (unpaired) electrons. The van der Waals surface area contributed by atoms with Crippen LogP contribution >= 0.6 is 23.3 Å². The normalized spacial score (nSPS) is 15.5. The van der Waals surface area contributed by atoms with Gasteiger partial charge in [-0.3, -0.25) is 9.52 Å². The van der Waals surface area contributed by atoms with Gasteiger partial charge in [0.25, 0.3) is 0 Å². The molecular weight excluding hydrogens is 362 g/mol. The maximum Gasteiger partial charge on any atom is 0.234 e. The van der Waals surface area contributed by atoms with Crippen LogP contribution in [0.5, 0.6) is 0 Å². The third-order valence-electron chi connectivity index (χ3n) is 4.93. The molecule has 1 amide bonds. The van der Waals surface area contributed by atoms with Gasteiger partial charge in [-0.05, 0) is 70.3 Å². The van der Waals surface area contributed by atoms with Gasteiger partial charge in [-0.15, -0.1) is 11.3 Å². The summed E-state index contributed by atoms with van der Waals surface area (Å²) in [5, 5.41) is 12.2. The standard InChI is InChI=1S/C21H27NO2S2/c1-13(2)16-6-5-7-17(14(3)4)18(16)11-19(23)22-26-20-10-15(12-25-20)21(24)8-9-21/h5-7,10,12-14,24H,8-9,11H2,1-4H3,(H,22,23). The lowest BCUT2D eigenvalue weighted by Gasteiger charge is -2.19. The number of rotatable bonds is 7. The molecule has 5 heteroatoms. The predicted octanol–water partition coefficient (Wildman–Crippen LogP) is 5.34. The Morgan fingerprint density at radius 3 is 2.38 bits per heavy atom. The van der Waals surface area contributed by atoms with E-state index in [9.17, 15) is 9.90 Å². The molecule has 0 aliphatic heterocycles. The second-order valence-electron chi connectivity index (χ2n) is 7.71. The molecule has 1 heterocycles. The number of thiophene rings is 1. The van der Waals surface area contributed by atoms with Crippen LogP contribution in [0.3, 0.4) is 0 Å². The lowest BCUT2D eigenvalue weighted by Crippen LogP contribution is -2.20. The molecule has 1 aliphatic carbocycles. The maximum atomic E-state index is 12.6. The van der Waals surface area contributed by atoms with E-state index in [-0.39, 0.29) is 5.91 Å². The monoisotopic (exact) mass is 389 g/mol. The number of hydrogen-bond donors (Lipinski definition) is 2. The van der Waals surface area contributed by atoms with Gasteiger partial charge >= 0.3 is 0 Å². The highest BCUT2D eigenvalue weighted by Crippen LogP contribution is 2.47. The summed E-state index contributed by atoms with van der Waals surface area (Å²) in [5.41, 5.74) is 4.04. The SMILES string of the molecule is CC(C)c1cccc(C(C)C)c1CC(=O)NSc1cc(C2(O)CC2)cs1. The highest BCUT2D eigenvalue weighted by Gasteiger charge is 2.42. The van der Waals surface area contributed by atoms with Crippen molar-refractivity contribution in [2.45, 2.75) is 68.6 Å². The van der Waals surface area contributed by atoms with Gasteiger partial charge in [0.05, 0.1) is 16.2 Å². The molecule has 1 saturated carbocycles. The molecule has 3 nitrogen and oxygen atoms in total. The number of benzene rings is 1. The zero-order valence-electron chi connectivity index (χ0n) is 15.8. The van der Waals surface area contributed by atoms with E-state index in [1.54, 1.807) is 11.3 Å². The molecule has 0 unspecified atom stereocenters. The number of carbonyl (C=O) groups excluding carboxylic acids is 1. The fourth-order valence-corrected chi connectivity index (χ4v) is 4.89. The molecule has 26 heavy (non-hydrogen) atoms. The van der Waals surface area contributed by atoms with Crippen molar-refractivity contribution >= 4 is 29.2 Å². The number of amides is 1. The molecule has 1 aliphatic rings. The van der Waals surface area contributed by atoms with Crippen LogP contribution in [0.1, 0.15) is 74.6 Å². The van der Waals surface area contributed by atoms with Crippen LogP contribution in [0.15, 0.2) is 33.9 Å². The molecule has 2 aromatic rings. The van der Waals surface area contributed by atoms with Crippen molar-refractivity contribution in [1.82, 2.24) is 4.72 Å². The summed E-state index contributed by atoms with van der Waals surface area (Å²) < 4.78 is 3.98. The largest absolute Gasteiger partial charge is 0.385 e. The maximum absolute atomic E-state index is 12.6. The van der Waals surface area contributed by atoms with E-state index in [2.05, 4.69) is 50.6 Å². The molecule has 0 saturated heterocycles. The van der Waals surface area contributed by atoms with Crippen molar-refractivity contribution in [3.8, 4) is 0 Å². The van der Waals surface area contributed by atoms with Crippen LogP contribution in [0.25, 0.3) is 0 Å². The molecule has 2 N–H and O–H groups in total. The minimum Gasteiger partial charge on any atom is -0.385 e. The lowest BCUT2D eigenvalue weighted by atomic mass is 9.87. The third kappa shape index (κ3) is 4.33. The smallest absolute Gasteiger partial charge is 0.234 e. The Morgan fingerprint density at radius 1 is 1.23 bits per heavy atom. The van der Waals surface area contributed by atoms with Gasteiger partial charge in [-0.2, -0.15) is 0 Å². The van der Waals surface area contributed by atoms with E-state index < -0.39 is 5.60 Å². The summed E-state index contributed by atoms with van der Waals surface area (Å²) in [7, 11) is 0. The average molecular weight is 390 g/mol. The molecule has 0 spiro atoms. The summed E-state index contributed by atoms with van der Waals surface area (Å²) in [5.74, 6) is 0.802. The molecule has 1 aromatic carbocycles. The Labute approximate surface area is 164 Å².